The maximum absolute atomic E-state index is 13.4. The van der Waals surface area contributed by atoms with Crippen LogP contribution in [0.1, 0.15) is 28.4 Å². The minimum atomic E-state index is -0.659. The Morgan fingerprint density at radius 2 is 1.85 bits per heavy atom. The number of benzene rings is 2. The number of fused-ring (bicyclic) bond motifs is 1. The number of carbonyl (C=O) groups excluding carboxylic acids is 2. The van der Waals surface area contributed by atoms with Crippen molar-refractivity contribution in [1.82, 2.24) is 19.4 Å². The van der Waals surface area contributed by atoms with Crippen LogP contribution in [0.4, 0.5) is 0 Å². The number of pyridine rings is 1. The molecule has 0 saturated heterocycles. The molecular weight excluding hydrogens is 420 g/mol. The highest BCUT2D eigenvalue weighted by atomic mass is 16.2. The summed E-state index contributed by atoms with van der Waals surface area (Å²) in [5.41, 5.74) is 1.51. The van der Waals surface area contributed by atoms with Gasteiger partial charge in [-0.05, 0) is 49.7 Å². The Balaban J connectivity index is 1.81. The lowest BCUT2D eigenvalue weighted by molar-refractivity contribution is -0.121. The molecule has 0 bridgehead atoms. The van der Waals surface area contributed by atoms with Gasteiger partial charge in [0.1, 0.15) is 6.54 Å². The van der Waals surface area contributed by atoms with Gasteiger partial charge >= 0.3 is 5.69 Å². The number of nitrogens with zero attached hydrogens (tertiary/aromatic N) is 3. The molecule has 1 N–H and O–H groups in total. The Hall–Kier alpha value is -4.33. The standard InChI is InChI=1S/C25H22N4O4/c1-16-8-9-22-21(11-16)24(32)29(20-7-3-6-19(12-20)17(2)30)25(33)28(22)15-23(31)27-14-18-5-4-10-26-13-18/h3-13H,14-15H2,1-2H3,(H,27,31). The van der Waals surface area contributed by atoms with E-state index in [0.717, 1.165) is 15.7 Å². The molecule has 0 aliphatic rings. The van der Waals surface area contributed by atoms with Gasteiger partial charge in [-0.15, -0.1) is 0 Å². The van der Waals surface area contributed by atoms with Gasteiger partial charge in [-0.25, -0.2) is 9.36 Å². The summed E-state index contributed by atoms with van der Waals surface area (Å²) in [6.07, 6.45) is 3.29. The second-order valence-corrected chi connectivity index (χ2v) is 7.77. The number of rotatable bonds is 6. The smallest absolute Gasteiger partial charge is 0.336 e. The Labute approximate surface area is 189 Å². The molecular formula is C25H22N4O4. The summed E-state index contributed by atoms with van der Waals surface area (Å²) >= 11 is 0. The highest BCUT2D eigenvalue weighted by Crippen LogP contribution is 2.14. The van der Waals surface area contributed by atoms with Crippen molar-refractivity contribution in [2.75, 3.05) is 0 Å². The second-order valence-electron chi connectivity index (χ2n) is 7.77. The normalized spacial score (nSPS) is 10.8. The topological polar surface area (TPSA) is 103 Å². The number of amides is 1. The summed E-state index contributed by atoms with van der Waals surface area (Å²) in [5, 5.41) is 3.09. The number of carbonyl (C=O) groups is 2. The maximum Gasteiger partial charge on any atom is 0.336 e. The van der Waals surface area contributed by atoms with Gasteiger partial charge in [0.05, 0.1) is 16.6 Å². The van der Waals surface area contributed by atoms with Crippen molar-refractivity contribution in [3.05, 3.63) is 105 Å². The molecule has 33 heavy (non-hydrogen) atoms. The van der Waals surface area contributed by atoms with E-state index in [4.69, 9.17) is 0 Å². The molecule has 2 aromatic heterocycles. The van der Waals surface area contributed by atoms with E-state index < -0.39 is 11.2 Å². The van der Waals surface area contributed by atoms with E-state index in [-0.39, 0.29) is 30.5 Å². The third-order valence-electron chi connectivity index (χ3n) is 5.32. The molecule has 4 rings (SSSR count). The molecule has 166 valence electrons. The van der Waals surface area contributed by atoms with E-state index in [9.17, 15) is 19.2 Å². The summed E-state index contributed by atoms with van der Waals surface area (Å²) in [7, 11) is 0. The van der Waals surface area contributed by atoms with Crippen LogP contribution in [0.5, 0.6) is 0 Å². The van der Waals surface area contributed by atoms with E-state index in [1.165, 1.54) is 17.6 Å². The first-order valence-corrected chi connectivity index (χ1v) is 10.4. The summed E-state index contributed by atoms with van der Waals surface area (Å²) in [4.78, 5) is 55.3. The maximum atomic E-state index is 13.4. The van der Waals surface area contributed by atoms with E-state index >= 15 is 0 Å². The fourth-order valence-electron chi connectivity index (χ4n) is 3.63. The van der Waals surface area contributed by atoms with Gasteiger partial charge < -0.3 is 5.32 Å². The summed E-state index contributed by atoms with van der Waals surface area (Å²) in [6.45, 7) is 3.25. The quantitative estimate of drug-likeness (QED) is 0.462. The highest BCUT2D eigenvalue weighted by Gasteiger charge is 2.17. The average Bonchev–Trinajstić information content (AvgIpc) is 2.81. The van der Waals surface area contributed by atoms with Gasteiger partial charge in [-0.1, -0.05) is 29.8 Å². The molecule has 0 atom stereocenters. The fourth-order valence-corrected chi connectivity index (χ4v) is 3.63. The van der Waals surface area contributed by atoms with Gasteiger partial charge in [0.15, 0.2) is 5.78 Å². The van der Waals surface area contributed by atoms with Gasteiger partial charge in [-0.3, -0.25) is 23.9 Å². The molecule has 0 spiro atoms. The molecule has 4 aromatic rings. The van der Waals surface area contributed by atoms with Crippen molar-refractivity contribution in [2.45, 2.75) is 26.9 Å². The van der Waals surface area contributed by atoms with Crippen LogP contribution in [0.3, 0.4) is 0 Å². The van der Waals surface area contributed by atoms with E-state index in [1.54, 1.807) is 54.9 Å². The van der Waals surface area contributed by atoms with Crippen LogP contribution in [-0.4, -0.2) is 25.8 Å². The molecule has 1 amide bonds. The van der Waals surface area contributed by atoms with Crippen LogP contribution < -0.4 is 16.6 Å². The van der Waals surface area contributed by atoms with Gasteiger partial charge in [0.25, 0.3) is 5.56 Å². The van der Waals surface area contributed by atoms with Crippen molar-refractivity contribution >= 4 is 22.6 Å². The number of Topliss-reactive ketones (excluding diaryl/α,β-unsaturated/α-hetero) is 1. The molecule has 2 aromatic carbocycles. The van der Waals surface area contributed by atoms with E-state index in [0.29, 0.717) is 16.5 Å². The third-order valence-corrected chi connectivity index (χ3v) is 5.32. The van der Waals surface area contributed by atoms with Crippen LogP contribution in [0.15, 0.2) is 76.6 Å². The van der Waals surface area contributed by atoms with Crippen molar-refractivity contribution in [1.29, 1.82) is 0 Å². The zero-order valence-electron chi connectivity index (χ0n) is 18.2. The highest BCUT2D eigenvalue weighted by molar-refractivity contribution is 5.94. The first kappa shape index (κ1) is 21.9. The number of ketones is 1. The van der Waals surface area contributed by atoms with Crippen LogP contribution in [0.2, 0.25) is 0 Å². The second kappa shape index (κ2) is 9.04. The van der Waals surface area contributed by atoms with Crippen molar-refractivity contribution < 1.29 is 9.59 Å². The largest absolute Gasteiger partial charge is 0.350 e. The van der Waals surface area contributed by atoms with Crippen molar-refractivity contribution in [2.24, 2.45) is 0 Å². The van der Waals surface area contributed by atoms with E-state index in [2.05, 4.69) is 10.3 Å². The summed E-state index contributed by atoms with van der Waals surface area (Å²) in [6, 6.07) is 15.1. The monoisotopic (exact) mass is 442 g/mol. The number of aryl methyl sites for hydroxylation is 1. The first-order chi connectivity index (χ1) is 15.8. The number of aromatic nitrogens is 3. The molecule has 8 heteroatoms. The first-order valence-electron chi connectivity index (χ1n) is 10.4. The molecule has 8 nitrogen and oxygen atoms in total. The van der Waals surface area contributed by atoms with E-state index in [1.807, 2.05) is 13.0 Å². The molecule has 0 fully saturated rings. The van der Waals surface area contributed by atoms with Crippen LogP contribution in [0.25, 0.3) is 16.6 Å². The zero-order valence-corrected chi connectivity index (χ0v) is 18.2. The lowest BCUT2D eigenvalue weighted by Crippen LogP contribution is -2.41. The molecule has 2 heterocycles. The number of hydrogen-bond donors (Lipinski definition) is 1. The Morgan fingerprint density at radius 3 is 2.58 bits per heavy atom. The fraction of sp³-hybridized carbons (Fsp3) is 0.160. The van der Waals surface area contributed by atoms with Gasteiger partial charge in [0.2, 0.25) is 5.91 Å². The summed E-state index contributed by atoms with van der Waals surface area (Å²) < 4.78 is 2.28. The van der Waals surface area contributed by atoms with Gasteiger partial charge in [-0.2, -0.15) is 0 Å². The average molecular weight is 442 g/mol. The SMILES string of the molecule is CC(=O)c1cccc(-n2c(=O)c3cc(C)ccc3n(CC(=O)NCc3cccnc3)c2=O)c1. The minimum absolute atomic E-state index is 0.184. The lowest BCUT2D eigenvalue weighted by Gasteiger charge is -2.15. The zero-order chi connectivity index (χ0) is 23.5. The van der Waals surface area contributed by atoms with Crippen LogP contribution in [-0.2, 0) is 17.9 Å². The van der Waals surface area contributed by atoms with Crippen molar-refractivity contribution in [3.63, 3.8) is 0 Å². The Kier molecular flexibility index (Phi) is 5.99. The molecule has 0 aliphatic carbocycles. The number of hydrogen-bond acceptors (Lipinski definition) is 5. The predicted molar refractivity (Wildman–Crippen MR) is 125 cm³/mol. The molecule has 0 aliphatic heterocycles. The Bertz CT molecular complexity index is 1490. The third kappa shape index (κ3) is 4.50. The Morgan fingerprint density at radius 1 is 1.03 bits per heavy atom. The van der Waals surface area contributed by atoms with Crippen LogP contribution in [0, 0.1) is 6.92 Å². The lowest BCUT2D eigenvalue weighted by atomic mass is 10.1. The molecule has 0 unspecified atom stereocenters. The van der Waals surface area contributed by atoms with Gasteiger partial charge in [0, 0.05) is 24.5 Å². The molecule has 0 saturated carbocycles. The van der Waals surface area contributed by atoms with Crippen LogP contribution >= 0.6 is 0 Å². The summed E-state index contributed by atoms with van der Waals surface area (Å²) in [5.74, 6) is -0.567. The molecule has 0 radical (unpaired) electrons. The van der Waals surface area contributed by atoms with Crippen molar-refractivity contribution in [3.8, 4) is 5.69 Å². The predicted octanol–water partition coefficient (Wildman–Crippen LogP) is 2.37. The number of nitrogens with one attached hydrogen (secondary N) is 1. The minimum Gasteiger partial charge on any atom is -0.350 e.